The van der Waals surface area contributed by atoms with Crippen molar-refractivity contribution in [1.29, 1.82) is 0 Å². The third kappa shape index (κ3) is 4.51. The summed E-state index contributed by atoms with van der Waals surface area (Å²) in [6, 6.07) is 11.2. The van der Waals surface area contributed by atoms with E-state index in [1.807, 2.05) is 39.0 Å². The molecule has 1 heterocycles. The first kappa shape index (κ1) is 19.9. The molecule has 0 saturated heterocycles. The van der Waals surface area contributed by atoms with Crippen LogP contribution in [0.1, 0.15) is 29.5 Å². The van der Waals surface area contributed by atoms with E-state index >= 15 is 0 Å². The van der Waals surface area contributed by atoms with Crippen LogP contribution in [0.2, 0.25) is 5.02 Å². The van der Waals surface area contributed by atoms with Crippen molar-refractivity contribution in [2.45, 2.75) is 40.3 Å². The Bertz CT molecular complexity index is 1000. The topological polar surface area (TPSA) is 77.2 Å². The maximum Gasteiger partial charge on any atom is 0.261 e. The smallest absolute Gasteiger partial charge is 0.261 e. The lowest BCUT2D eigenvalue weighted by molar-refractivity contribution is -0.127. The molecule has 1 N–H and O–H groups in total. The monoisotopic (exact) mass is 399 g/mol. The number of halogens is 1. The van der Waals surface area contributed by atoms with Gasteiger partial charge in [-0.3, -0.25) is 4.79 Å². The van der Waals surface area contributed by atoms with Crippen LogP contribution >= 0.6 is 11.6 Å². The summed E-state index contributed by atoms with van der Waals surface area (Å²) in [7, 11) is 0. The van der Waals surface area contributed by atoms with Gasteiger partial charge in [0.05, 0.1) is 11.6 Å². The molecule has 2 aromatic carbocycles. The Balaban J connectivity index is 1.61. The van der Waals surface area contributed by atoms with Crippen molar-refractivity contribution in [2.75, 3.05) is 0 Å². The molecule has 0 bridgehead atoms. The largest absolute Gasteiger partial charge is 0.481 e. The van der Waals surface area contributed by atoms with E-state index in [2.05, 4.69) is 21.5 Å². The molecule has 1 amide bonds. The van der Waals surface area contributed by atoms with E-state index in [4.69, 9.17) is 20.9 Å². The molecule has 0 saturated carbocycles. The minimum Gasteiger partial charge on any atom is -0.481 e. The van der Waals surface area contributed by atoms with Crippen molar-refractivity contribution in [1.82, 2.24) is 15.5 Å². The second kappa shape index (κ2) is 8.44. The third-order valence-corrected chi connectivity index (χ3v) is 4.76. The Kier molecular flexibility index (Phi) is 5.99. The molecule has 0 unspecified atom stereocenters. The highest BCUT2D eigenvalue weighted by Gasteiger charge is 2.18. The molecule has 0 aliphatic heterocycles. The van der Waals surface area contributed by atoms with E-state index in [0.717, 1.165) is 16.7 Å². The zero-order chi connectivity index (χ0) is 20.3. The van der Waals surface area contributed by atoms with E-state index in [1.165, 1.54) is 0 Å². The van der Waals surface area contributed by atoms with Gasteiger partial charge >= 0.3 is 0 Å². The van der Waals surface area contributed by atoms with Crippen molar-refractivity contribution in [2.24, 2.45) is 0 Å². The molecule has 146 valence electrons. The molecule has 7 heteroatoms. The van der Waals surface area contributed by atoms with Gasteiger partial charge < -0.3 is 14.6 Å². The molecule has 6 nitrogen and oxygen atoms in total. The zero-order valence-corrected chi connectivity index (χ0v) is 17.0. The van der Waals surface area contributed by atoms with Gasteiger partial charge in [-0.25, -0.2) is 0 Å². The van der Waals surface area contributed by atoms with Gasteiger partial charge in [0.15, 0.2) is 6.10 Å². The van der Waals surface area contributed by atoms with Crippen LogP contribution in [0, 0.1) is 20.8 Å². The van der Waals surface area contributed by atoms with Gasteiger partial charge in [-0.05, 0) is 62.6 Å². The predicted octanol–water partition coefficient (Wildman–Crippen LogP) is 4.40. The third-order valence-electron chi connectivity index (χ3n) is 4.43. The highest BCUT2D eigenvalue weighted by Crippen LogP contribution is 2.25. The number of amides is 1. The first-order chi connectivity index (χ1) is 13.3. The maximum absolute atomic E-state index is 12.4. The van der Waals surface area contributed by atoms with E-state index < -0.39 is 6.10 Å². The summed E-state index contributed by atoms with van der Waals surface area (Å²) >= 11 is 6.14. The van der Waals surface area contributed by atoms with Crippen LogP contribution in [0.5, 0.6) is 5.75 Å². The maximum atomic E-state index is 12.4. The Morgan fingerprint density at radius 3 is 2.75 bits per heavy atom. The van der Waals surface area contributed by atoms with Crippen LogP contribution in [0.3, 0.4) is 0 Å². The van der Waals surface area contributed by atoms with Crippen molar-refractivity contribution in [3.05, 3.63) is 64.0 Å². The number of nitrogens with one attached hydrogen (secondary N) is 1. The van der Waals surface area contributed by atoms with Crippen molar-refractivity contribution < 1.29 is 14.1 Å². The lowest BCUT2D eigenvalue weighted by Crippen LogP contribution is -2.36. The number of aryl methyl sites for hydroxylation is 2. The first-order valence-electron chi connectivity index (χ1n) is 8.95. The summed E-state index contributed by atoms with van der Waals surface area (Å²) in [5.41, 5.74) is 3.91. The van der Waals surface area contributed by atoms with Crippen molar-refractivity contribution in [3.8, 4) is 17.1 Å². The van der Waals surface area contributed by atoms with Crippen LogP contribution in [0.25, 0.3) is 11.4 Å². The lowest BCUT2D eigenvalue weighted by Gasteiger charge is -2.17. The number of hydrogen-bond acceptors (Lipinski definition) is 5. The number of carbonyl (C=O) groups is 1. The molecule has 28 heavy (non-hydrogen) atoms. The molecule has 3 rings (SSSR count). The molecule has 0 aliphatic rings. The fourth-order valence-corrected chi connectivity index (χ4v) is 2.97. The fourth-order valence-electron chi connectivity index (χ4n) is 2.75. The van der Waals surface area contributed by atoms with E-state index in [1.54, 1.807) is 19.1 Å². The number of rotatable bonds is 6. The number of hydrogen-bond donors (Lipinski definition) is 1. The standard InChI is InChI=1S/C21H22ClN3O3/c1-12-9-13(2)14(3)18(10-12)27-15(4)21(26)23-11-19-24-20(25-28-19)16-7-5-6-8-17(16)22/h5-10,15H,11H2,1-4H3,(H,23,26)/t15-/m0/s1. The summed E-state index contributed by atoms with van der Waals surface area (Å²) in [5.74, 6) is 1.11. The minimum absolute atomic E-state index is 0.107. The molecule has 0 aliphatic carbocycles. The number of ether oxygens (including phenoxy) is 1. The van der Waals surface area contributed by atoms with Crippen molar-refractivity contribution >= 4 is 17.5 Å². The highest BCUT2D eigenvalue weighted by atomic mass is 35.5. The zero-order valence-electron chi connectivity index (χ0n) is 16.2. The molecule has 1 atom stereocenters. The summed E-state index contributed by atoms with van der Waals surface area (Å²) in [4.78, 5) is 16.7. The normalized spacial score (nSPS) is 11.9. The van der Waals surface area contributed by atoms with Gasteiger partial charge in [0.25, 0.3) is 5.91 Å². The molecular formula is C21H22ClN3O3. The summed E-state index contributed by atoms with van der Waals surface area (Å²) in [6.07, 6.45) is -0.661. The molecule has 3 aromatic rings. The molecule has 0 radical (unpaired) electrons. The predicted molar refractivity (Wildman–Crippen MR) is 107 cm³/mol. The van der Waals surface area contributed by atoms with Gasteiger partial charge in [0.2, 0.25) is 11.7 Å². The summed E-state index contributed by atoms with van der Waals surface area (Å²) < 4.78 is 11.0. The van der Waals surface area contributed by atoms with Gasteiger partial charge in [-0.15, -0.1) is 0 Å². The number of nitrogens with zero attached hydrogens (tertiary/aromatic N) is 2. The van der Waals surface area contributed by atoms with Crippen LogP contribution in [0.4, 0.5) is 0 Å². The van der Waals surface area contributed by atoms with Crippen LogP contribution < -0.4 is 10.1 Å². The second-order valence-electron chi connectivity index (χ2n) is 6.67. The van der Waals surface area contributed by atoms with Gasteiger partial charge in [0.1, 0.15) is 5.75 Å². The molecule has 0 fully saturated rings. The highest BCUT2D eigenvalue weighted by molar-refractivity contribution is 6.33. The molecule has 1 aromatic heterocycles. The average molecular weight is 400 g/mol. The Hall–Kier alpha value is -2.86. The molecular weight excluding hydrogens is 378 g/mol. The number of carbonyl (C=O) groups excluding carboxylic acids is 1. The van der Waals surface area contributed by atoms with Gasteiger partial charge in [0, 0.05) is 5.56 Å². The van der Waals surface area contributed by atoms with Crippen LogP contribution in [0.15, 0.2) is 40.9 Å². The van der Waals surface area contributed by atoms with Crippen LogP contribution in [-0.2, 0) is 11.3 Å². The molecule has 0 spiro atoms. The Labute approximate surface area is 168 Å². The van der Waals surface area contributed by atoms with Gasteiger partial charge in [-0.1, -0.05) is 35.0 Å². The first-order valence-corrected chi connectivity index (χ1v) is 9.32. The lowest BCUT2D eigenvalue weighted by atomic mass is 10.1. The number of aromatic nitrogens is 2. The van der Waals surface area contributed by atoms with E-state index in [-0.39, 0.29) is 18.3 Å². The Morgan fingerprint density at radius 2 is 2.00 bits per heavy atom. The summed E-state index contributed by atoms with van der Waals surface area (Å²) in [6.45, 7) is 7.80. The Morgan fingerprint density at radius 1 is 1.25 bits per heavy atom. The second-order valence-corrected chi connectivity index (χ2v) is 7.08. The van der Waals surface area contributed by atoms with E-state index in [9.17, 15) is 4.79 Å². The quantitative estimate of drug-likeness (QED) is 0.664. The summed E-state index contributed by atoms with van der Waals surface area (Å²) in [5, 5.41) is 7.20. The number of benzene rings is 2. The van der Waals surface area contributed by atoms with Crippen LogP contribution in [-0.4, -0.2) is 22.2 Å². The van der Waals surface area contributed by atoms with Crippen molar-refractivity contribution in [3.63, 3.8) is 0 Å². The van der Waals surface area contributed by atoms with E-state index in [0.29, 0.717) is 22.2 Å². The fraction of sp³-hybridized carbons (Fsp3) is 0.286. The SMILES string of the molecule is Cc1cc(C)c(C)c(O[C@@H](C)C(=O)NCc2nc(-c3ccccc3Cl)no2)c1. The average Bonchev–Trinajstić information content (AvgIpc) is 3.12. The minimum atomic E-state index is -0.661. The van der Waals surface area contributed by atoms with Gasteiger partial charge in [-0.2, -0.15) is 4.98 Å².